The number of ether oxygens (including phenoxy) is 1. The highest BCUT2D eigenvalue weighted by atomic mass is 16.6. The second-order valence-corrected chi connectivity index (χ2v) is 5.82. The van der Waals surface area contributed by atoms with Gasteiger partial charge < -0.3 is 10.1 Å². The van der Waals surface area contributed by atoms with E-state index in [9.17, 15) is 14.9 Å². The van der Waals surface area contributed by atoms with E-state index in [1.807, 2.05) is 32.0 Å². The number of amides is 1. The van der Waals surface area contributed by atoms with Crippen molar-refractivity contribution in [1.29, 1.82) is 0 Å². The number of carbonyl (C=O) groups is 1. The van der Waals surface area contributed by atoms with E-state index in [0.29, 0.717) is 22.6 Å². The summed E-state index contributed by atoms with van der Waals surface area (Å²) >= 11 is 0. The van der Waals surface area contributed by atoms with Crippen molar-refractivity contribution in [1.82, 2.24) is 0 Å². The van der Waals surface area contributed by atoms with Crippen LogP contribution in [0.1, 0.15) is 22.3 Å². The van der Waals surface area contributed by atoms with Crippen molar-refractivity contribution >= 4 is 17.3 Å². The molecule has 0 aliphatic carbocycles. The highest BCUT2D eigenvalue weighted by molar-refractivity contribution is 5.93. The molecule has 0 bridgehead atoms. The fourth-order valence-corrected chi connectivity index (χ4v) is 2.52. The number of nitro benzene ring substituents is 1. The lowest BCUT2D eigenvalue weighted by Crippen LogP contribution is -2.21. The lowest BCUT2D eigenvalue weighted by Gasteiger charge is -2.13. The molecule has 0 aliphatic heterocycles. The summed E-state index contributed by atoms with van der Waals surface area (Å²) in [6, 6.07) is 8.62. The summed E-state index contributed by atoms with van der Waals surface area (Å²) in [6.07, 6.45) is 0. The van der Waals surface area contributed by atoms with Crippen LogP contribution < -0.4 is 10.1 Å². The topological polar surface area (TPSA) is 81.5 Å². The van der Waals surface area contributed by atoms with Crippen LogP contribution in [0.25, 0.3) is 0 Å². The zero-order valence-electron chi connectivity index (χ0n) is 14.2. The zero-order chi connectivity index (χ0) is 17.9. The standard InChI is InChI=1S/C18H20N2O4/c1-11-5-6-16(12(2)7-11)24-10-17(21)19-18-13(3)8-15(20(22)23)9-14(18)4/h5-9H,10H2,1-4H3,(H,19,21). The Kier molecular flexibility index (Phi) is 5.18. The fourth-order valence-electron chi connectivity index (χ4n) is 2.52. The first-order chi connectivity index (χ1) is 11.3. The van der Waals surface area contributed by atoms with Gasteiger partial charge in [-0.2, -0.15) is 0 Å². The molecular formula is C18H20N2O4. The third kappa shape index (κ3) is 4.10. The predicted molar refractivity (Wildman–Crippen MR) is 92.6 cm³/mol. The van der Waals surface area contributed by atoms with Crippen LogP contribution in [-0.2, 0) is 4.79 Å². The second kappa shape index (κ2) is 7.12. The number of nitrogens with zero attached hydrogens (tertiary/aromatic N) is 1. The Bertz CT molecular complexity index is 777. The second-order valence-electron chi connectivity index (χ2n) is 5.82. The molecule has 2 aromatic rings. The molecule has 2 aromatic carbocycles. The number of anilines is 1. The maximum absolute atomic E-state index is 12.1. The van der Waals surface area contributed by atoms with Crippen molar-refractivity contribution in [3.63, 3.8) is 0 Å². The molecule has 6 nitrogen and oxygen atoms in total. The summed E-state index contributed by atoms with van der Waals surface area (Å²) in [7, 11) is 0. The average molecular weight is 328 g/mol. The SMILES string of the molecule is Cc1ccc(OCC(=O)Nc2c(C)cc([N+](=O)[O-])cc2C)c(C)c1. The van der Waals surface area contributed by atoms with Crippen molar-refractivity contribution in [3.05, 3.63) is 62.7 Å². The van der Waals surface area contributed by atoms with Gasteiger partial charge in [-0.1, -0.05) is 17.7 Å². The Morgan fingerprint density at radius 2 is 1.71 bits per heavy atom. The van der Waals surface area contributed by atoms with E-state index in [1.165, 1.54) is 12.1 Å². The minimum Gasteiger partial charge on any atom is -0.483 e. The molecule has 0 atom stereocenters. The van der Waals surface area contributed by atoms with Gasteiger partial charge in [0, 0.05) is 17.8 Å². The fraction of sp³-hybridized carbons (Fsp3) is 0.278. The molecule has 24 heavy (non-hydrogen) atoms. The van der Waals surface area contributed by atoms with Gasteiger partial charge in [0.05, 0.1) is 4.92 Å². The third-order valence-corrected chi connectivity index (χ3v) is 3.68. The molecule has 0 aromatic heterocycles. The summed E-state index contributed by atoms with van der Waals surface area (Å²) in [5.41, 5.74) is 3.96. The lowest BCUT2D eigenvalue weighted by molar-refractivity contribution is -0.384. The first-order valence-electron chi connectivity index (χ1n) is 7.53. The number of non-ortho nitro benzene ring substituents is 1. The summed E-state index contributed by atoms with van der Waals surface area (Å²) in [4.78, 5) is 22.5. The molecule has 0 saturated carbocycles. The van der Waals surface area contributed by atoms with Crippen LogP contribution in [0.5, 0.6) is 5.75 Å². The molecule has 6 heteroatoms. The van der Waals surface area contributed by atoms with E-state index in [1.54, 1.807) is 13.8 Å². The van der Waals surface area contributed by atoms with Gasteiger partial charge in [0.25, 0.3) is 11.6 Å². The molecule has 2 rings (SSSR count). The molecule has 126 valence electrons. The van der Waals surface area contributed by atoms with Crippen molar-refractivity contribution in [3.8, 4) is 5.75 Å². The molecular weight excluding hydrogens is 308 g/mol. The van der Waals surface area contributed by atoms with Crippen LogP contribution in [0.4, 0.5) is 11.4 Å². The third-order valence-electron chi connectivity index (χ3n) is 3.68. The molecule has 0 spiro atoms. The molecule has 1 N–H and O–H groups in total. The van der Waals surface area contributed by atoms with Crippen LogP contribution in [0.3, 0.4) is 0 Å². The summed E-state index contributed by atoms with van der Waals surface area (Å²) in [5.74, 6) is 0.350. The maximum atomic E-state index is 12.1. The van der Waals surface area contributed by atoms with Gasteiger partial charge in [0.2, 0.25) is 0 Å². The Labute approximate surface area is 140 Å². The predicted octanol–water partition coefficient (Wildman–Crippen LogP) is 3.85. The number of hydrogen-bond donors (Lipinski definition) is 1. The number of hydrogen-bond acceptors (Lipinski definition) is 4. The van der Waals surface area contributed by atoms with Gasteiger partial charge >= 0.3 is 0 Å². The average Bonchev–Trinajstić information content (AvgIpc) is 2.49. The Balaban J connectivity index is 2.06. The minimum atomic E-state index is -0.450. The van der Waals surface area contributed by atoms with E-state index in [4.69, 9.17) is 4.74 Å². The van der Waals surface area contributed by atoms with Crippen molar-refractivity contribution in [2.75, 3.05) is 11.9 Å². The molecule has 1 amide bonds. The number of aryl methyl sites for hydroxylation is 4. The molecule has 0 radical (unpaired) electrons. The summed E-state index contributed by atoms with van der Waals surface area (Å²) in [5, 5.41) is 13.6. The van der Waals surface area contributed by atoms with Gasteiger partial charge in [-0.05, 0) is 50.5 Å². The van der Waals surface area contributed by atoms with E-state index in [2.05, 4.69) is 5.32 Å². The monoisotopic (exact) mass is 328 g/mol. The number of rotatable bonds is 5. The first kappa shape index (κ1) is 17.5. The first-order valence-corrected chi connectivity index (χ1v) is 7.53. The van der Waals surface area contributed by atoms with Crippen LogP contribution >= 0.6 is 0 Å². The van der Waals surface area contributed by atoms with Crippen LogP contribution in [0.2, 0.25) is 0 Å². The Hall–Kier alpha value is -2.89. The zero-order valence-corrected chi connectivity index (χ0v) is 14.2. The lowest BCUT2D eigenvalue weighted by atomic mass is 10.1. The van der Waals surface area contributed by atoms with E-state index in [0.717, 1.165) is 11.1 Å². The van der Waals surface area contributed by atoms with Crippen molar-refractivity contribution in [2.45, 2.75) is 27.7 Å². The quantitative estimate of drug-likeness (QED) is 0.668. The van der Waals surface area contributed by atoms with E-state index in [-0.39, 0.29) is 18.2 Å². The molecule has 0 fully saturated rings. The van der Waals surface area contributed by atoms with Gasteiger partial charge in [-0.3, -0.25) is 14.9 Å². The Morgan fingerprint density at radius 3 is 2.25 bits per heavy atom. The van der Waals surface area contributed by atoms with Gasteiger partial charge in [-0.15, -0.1) is 0 Å². The molecule has 0 aliphatic rings. The van der Waals surface area contributed by atoms with Gasteiger partial charge in [-0.25, -0.2) is 0 Å². The number of carbonyl (C=O) groups excluding carboxylic acids is 1. The molecule has 0 heterocycles. The van der Waals surface area contributed by atoms with Crippen molar-refractivity contribution < 1.29 is 14.5 Å². The largest absolute Gasteiger partial charge is 0.483 e. The van der Waals surface area contributed by atoms with E-state index >= 15 is 0 Å². The number of benzene rings is 2. The van der Waals surface area contributed by atoms with Gasteiger partial charge in [0.1, 0.15) is 5.75 Å². The normalized spacial score (nSPS) is 10.3. The van der Waals surface area contributed by atoms with Crippen LogP contribution in [-0.4, -0.2) is 17.4 Å². The van der Waals surface area contributed by atoms with E-state index < -0.39 is 4.92 Å². The highest BCUT2D eigenvalue weighted by Gasteiger charge is 2.14. The van der Waals surface area contributed by atoms with Crippen molar-refractivity contribution in [2.24, 2.45) is 0 Å². The van der Waals surface area contributed by atoms with Gasteiger partial charge in [0.15, 0.2) is 6.61 Å². The molecule has 0 saturated heterocycles. The summed E-state index contributed by atoms with van der Waals surface area (Å²) < 4.78 is 5.55. The highest BCUT2D eigenvalue weighted by Crippen LogP contribution is 2.26. The number of nitro groups is 1. The Morgan fingerprint density at radius 1 is 1.08 bits per heavy atom. The minimum absolute atomic E-state index is 0.00882. The maximum Gasteiger partial charge on any atom is 0.270 e. The number of nitrogens with one attached hydrogen (secondary N) is 1. The molecule has 0 unspecified atom stereocenters. The van der Waals surface area contributed by atoms with Crippen LogP contribution in [0, 0.1) is 37.8 Å². The smallest absolute Gasteiger partial charge is 0.270 e. The van der Waals surface area contributed by atoms with Crippen LogP contribution in [0.15, 0.2) is 30.3 Å². The summed E-state index contributed by atoms with van der Waals surface area (Å²) in [6.45, 7) is 7.23.